The number of halogens is 2. The lowest BCUT2D eigenvalue weighted by molar-refractivity contribution is -0.131. The summed E-state index contributed by atoms with van der Waals surface area (Å²) in [6.07, 6.45) is 0.410. The zero-order chi connectivity index (χ0) is 18.2. The van der Waals surface area contributed by atoms with Crippen LogP contribution in [0.4, 0.5) is 4.79 Å². The molecular formula is C17H23Cl2N3O3. The normalized spacial score (nSPS) is 14.5. The van der Waals surface area contributed by atoms with Gasteiger partial charge in [-0.3, -0.25) is 4.79 Å². The minimum Gasteiger partial charge on any atom is -0.450 e. The molecule has 138 valence electrons. The van der Waals surface area contributed by atoms with Crippen LogP contribution >= 0.6 is 23.2 Å². The molecule has 0 radical (unpaired) electrons. The van der Waals surface area contributed by atoms with E-state index in [1.54, 1.807) is 28.9 Å². The first-order valence-electron chi connectivity index (χ1n) is 8.35. The molecule has 25 heavy (non-hydrogen) atoms. The molecule has 1 heterocycles. The third-order valence-corrected chi connectivity index (χ3v) is 4.61. The van der Waals surface area contributed by atoms with E-state index in [-0.39, 0.29) is 18.5 Å². The van der Waals surface area contributed by atoms with Crippen LogP contribution in [0.3, 0.4) is 0 Å². The largest absolute Gasteiger partial charge is 0.450 e. The summed E-state index contributed by atoms with van der Waals surface area (Å²) >= 11 is 12.0. The Hall–Kier alpha value is -1.50. The van der Waals surface area contributed by atoms with E-state index in [0.29, 0.717) is 49.4 Å². The molecule has 1 aliphatic heterocycles. The lowest BCUT2D eigenvalue weighted by Gasteiger charge is -2.34. The highest BCUT2D eigenvalue weighted by molar-refractivity contribution is 6.35. The number of carbonyl (C=O) groups is 2. The molecule has 0 atom stereocenters. The molecule has 1 aromatic carbocycles. The first kappa shape index (κ1) is 19.8. The van der Waals surface area contributed by atoms with Crippen molar-refractivity contribution in [3.05, 3.63) is 33.8 Å². The Morgan fingerprint density at radius 3 is 2.48 bits per heavy atom. The second kappa shape index (κ2) is 9.85. The van der Waals surface area contributed by atoms with E-state index in [1.165, 1.54) is 0 Å². The average Bonchev–Trinajstić information content (AvgIpc) is 2.60. The number of ether oxygens (including phenoxy) is 1. The number of nitrogens with one attached hydrogen (secondary N) is 1. The van der Waals surface area contributed by atoms with E-state index in [2.05, 4.69) is 5.32 Å². The lowest BCUT2D eigenvalue weighted by atomic mass is 10.1. The second-order valence-corrected chi connectivity index (χ2v) is 6.57. The van der Waals surface area contributed by atoms with E-state index >= 15 is 0 Å². The van der Waals surface area contributed by atoms with Crippen molar-refractivity contribution in [2.24, 2.45) is 0 Å². The number of amides is 2. The Morgan fingerprint density at radius 1 is 1.16 bits per heavy atom. The minimum atomic E-state index is -0.312. The van der Waals surface area contributed by atoms with Crippen LogP contribution in [-0.4, -0.2) is 67.7 Å². The molecule has 1 fully saturated rings. The molecule has 1 aliphatic rings. The summed E-state index contributed by atoms with van der Waals surface area (Å²) in [5.74, 6) is 0.0331. The van der Waals surface area contributed by atoms with Crippen molar-refractivity contribution in [1.29, 1.82) is 0 Å². The third kappa shape index (κ3) is 6.06. The average molecular weight is 388 g/mol. The highest BCUT2D eigenvalue weighted by Gasteiger charge is 2.24. The molecule has 2 rings (SSSR count). The maximum Gasteiger partial charge on any atom is 0.409 e. The molecule has 0 spiro atoms. The SMILES string of the molecule is CCOC(=O)N1CCN(C(=O)CNCCc2ccc(Cl)cc2Cl)CC1. The van der Waals surface area contributed by atoms with Gasteiger partial charge in [-0.15, -0.1) is 0 Å². The summed E-state index contributed by atoms with van der Waals surface area (Å²) < 4.78 is 4.97. The van der Waals surface area contributed by atoms with Crippen molar-refractivity contribution < 1.29 is 14.3 Å². The number of hydrogen-bond donors (Lipinski definition) is 1. The lowest BCUT2D eigenvalue weighted by Crippen LogP contribution is -2.52. The van der Waals surface area contributed by atoms with Crippen molar-refractivity contribution in [2.75, 3.05) is 45.9 Å². The first-order valence-corrected chi connectivity index (χ1v) is 9.11. The van der Waals surface area contributed by atoms with Crippen LogP contribution in [0, 0.1) is 0 Å². The van der Waals surface area contributed by atoms with Gasteiger partial charge in [0.2, 0.25) is 5.91 Å². The van der Waals surface area contributed by atoms with Crippen molar-refractivity contribution in [3.63, 3.8) is 0 Å². The number of hydrogen-bond acceptors (Lipinski definition) is 4. The fourth-order valence-electron chi connectivity index (χ4n) is 2.61. The molecule has 0 aliphatic carbocycles. The molecule has 2 amide bonds. The maximum atomic E-state index is 12.2. The topological polar surface area (TPSA) is 61.9 Å². The third-order valence-electron chi connectivity index (χ3n) is 4.02. The van der Waals surface area contributed by atoms with Gasteiger partial charge in [-0.2, -0.15) is 0 Å². The van der Waals surface area contributed by atoms with Gasteiger partial charge < -0.3 is 19.9 Å². The molecule has 0 aromatic heterocycles. The number of piperazine rings is 1. The Bertz CT molecular complexity index is 605. The molecule has 0 bridgehead atoms. The van der Waals surface area contributed by atoms with Gasteiger partial charge in [-0.05, 0) is 37.6 Å². The smallest absolute Gasteiger partial charge is 0.409 e. The van der Waals surface area contributed by atoms with Crippen LogP contribution in [0.2, 0.25) is 10.0 Å². The maximum absolute atomic E-state index is 12.2. The van der Waals surface area contributed by atoms with Gasteiger partial charge in [0.05, 0.1) is 13.2 Å². The Kier molecular flexibility index (Phi) is 7.81. The van der Waals surface area contributed by atoms with Crippen molar-refractivity contribution in [2.45, 2.75) is 13.3 Å². The highest BCUT2D eigenvalue weighted by Crippen LogP contribution is 2.21. The van der Waals surface area contributed by atoms with Crippen LogP contribution in [0.15, 0.2) is 18.2 Å². The van der Waals surface area contributed by atoms with Crippen LogP contribution < -0.4 is 5.32 Å². The fourth-order valence-corrected chi connectivity index (χ4v) is 3.11. The molecule has 8 heteroatoms. The molecule has 1 N–H and O–H groups in total. The standard InChI is InChI=1S/C17H23Cl2N3O3/c1-2-25-17(24)22-9-7-21(8-10-22)16(23)12-20-6-5-13-3-4-14(18)11-15(13)19/h3-4,11,20H,2,5-10,12H2,1H3. The van der Waals surface area contributed by atoms with Gasteiger partial charge in [0.15, 0.2) is 0 Å². The van der Waals surface area contributed by atoms with Gasteiger partial charge in [-0.1, -0.05) is 29.3 Å². The van der Waals surface area contributed by atoms with Gasteiger partial charge in [0, 0.05) is 36.2 Å². The molecule has 6 nitrogen and oxygen atoms in total. The Balaban J connectivity index is 1.67. The highest BCUT2D eigenvalue weighted by atomic mass is 35.5. The predicted molar refractivity (Wildman–Crippen MR) is 98.2 cm³/mol. The fraction of sp³-hybridized carbons (Fsp3) is 0.529. The Labute approximate surface area is 158 Å². The molecule has 1 aromatic rings. The van der Waals surface area contributed by atoms with Crippen molar-refractivity contribution in [1.82, 2.24) is 15.1 Å². The summed E-state index contributed by atoms with van der Waals surface area (Å²) in [5, 5.41) is 4.38. The van der Waals surface area contributed by atoms with E-state index in [9.17, 15) is 9.59 Å². The Morgan fingerprint density at radius 2 is 1.84 bits per heavy atom. The van der Waals surface area contributed by atoms with Crippen LogP contribution in [0.1, 0.15) is 12.5 Å². The molecule has 0 unspecified atom stereocenters. The molecule has 1 saturated heterocycles. The first-order chi connectivity index (χ1) is 12.0. The van der Waals surface area contributed by atoms with E-state index in [4.69, 9.17) is 27.9 Å². The quantitative estimate of drug-likeness (QED) is 0.761. The number of benzene rings is 1. The van der Waals surface area contributed by atoms with Gasteiger partial charge in [0.1, 0.15) is 0 Å². The predicted octanol–water partition coefficient (Wildman–Crippen LogP) is 2.43. The van der Waals surface area contributed by atoms with Gasteiger partial charge in [0.25, 0.3) is 0 Å². The van der Waals surface area contributed by atoms with Crippen molar-refractivity contribution in [3.8, 4) is 0 Å². The zero-order valence-electron chi connectivity index (χ0n) is 14.3. The summed E-state index contributed by atoms with van der Waals surface area (Å²) in [6, 6.07) is 5.41. The van der Waals surface area contributed by atoms with Gasteiger partial charge in [-0.25, -0.2) is 4.79 Å². The second-order valence-electron chi connectivity index (χ2n) is 5.73. The summed E-state index contributed by atoms with van der Waals surface area (Å²) in [5.41, 5.74) is 0.995. The summed E-state index contributed by atoms with van der Waals surface area (Å²) in [6.45, 7) is 5.13. The summed E-state index contributed by atoms with van der Waals surface area (Å²) in [4.78, 5) is 27.2. The van der Waals surface area contributed by atoms with Gasteiger partial charge >= 0.3 is 6.09 Å². The monoisotopic (exact) mass is 387 g/mol. The number of rotatable bonds is 6. The van der Waals surface area contributed by atoms with E-state index < -0.39 is 0 Å². The van der Waals surface area contributed by atoms with E-state index in [0.717, 1.165) is 12.0 Å². The van der Waals surface area contributed by atoms with Crippen LogP contribution in [0.25, 0.3) is 0 Å². The van der Waals surface area contributed by atoms with E-state index in [1.807, 2.05) is 6.07 Å². The zero-order valence-corrected chi connectivity index (χ0v) is 15.8. The van der Waals surface area contributed by atoms with Crippen LogP contribution in [0.5, 0.6) is 0 Å². The molecule has 0 saturated carbocycles. The molecular weight excluding hydrogens is 365 g/mol. The minimum absolute atomic E-state index is 0.0331. The number of carbonyl (C=O) groups excluding carboxylic acids is 2. The van der Waals surface area contributed by atoms with Crippen molar-refractivity contribution >= 4 is 35.2 Å². The number of nitrogens with zero attached hydrogens (tertiary/aromatic N) is 2. The van der Waals surface area contributed by atoms with Crippen LogP contribution in [-0.2, 0) is 16.0 Å². The summed E-state index contributed by atoms with van der Waals surface area (Å²) in [7, 11) is 0.